The molecule has 6 nitrogen and oxygen atoms in total. The number of esters is 2. The van der Waals surface area contributed by atoms with Gasteiger partial charge in [0.05, 0.1) is 18.6 Å². The largest absolute Gasteiger partial charge is 0.463 e. The highest BCUT2D eigenvalue weighted by atomic mass is 16.6. The first-order valence-corrected chi connectivity index (χ1v) is 10.9. The first kappa shape index (κ1) is 23.1. The van der Waals surface area contributed by atoms with Gasteiger partial charge in [-0.05, 0) is 77.7 Å². The molecule has 2 bridgehead atoms. The quantitative estimate of drug-likeness (QED) is 0.571. The zero-order valence-electron chi connectivity index (χ0n) is 18.4. The van der Waals surface area contributed by atoms with Crippen molar-refractivity contribution in [2.75, 3.05) is 13.7 Å². The van der Waals surface area contributed by atoms with Crippen molar-refractivity contribution in [1.29, 1.82) is 0 Å². The third-order valence-electron chi connectivity index (χ3n) is 7.34. The van der Waals surface area contributed by atoms with Crippen LogP contribution in [0.3, 0.4) is 0 Å². The molecule has 1 N–H and O–H groups in total. The van der Waals surface area contributed by atoms with E-state index in [2.05, 4.69) is 11.8 Å². The second kappa shape index (κ2) is 9.57. The van der Waals surface area contributed by atoms with Gasteiger partial charge in [-0.3, -0.25) is 14.5 Å². The summed E-state index contributed by atoms with van der Waals surface area (Å²) in [6.07, 6.45) is 4.14. The standard InChI is InChI=1S/C22H39NO5/c1-7-14(3)27-20(25)11-19(21(26)28-15(4)8-2)23(6)22(5)12-16-9-18(22)10-17(16)13-24/h14-19,24H,7-13H2,1-6H3. The molecule has 0 radical (unpaired) electrons. The van der Waals surface area contributed by atoms with E-state index in [1.807, 2.05) is 34.7 Å². The lowest BCUT2D eigenvalue weighted by Gasteiger charge is -2.46. The van der Waals surface area contributed by atoms with E-state index in [0.717, 1.165) is 32.1 Å². The Kier molecular flexibility index (Phi) is 7.91. The van der Waals surface area contributed by atoms with E-state index < -0.39 is 6.04 Å². The number of carbonyl (C=O) groups is 2. The summed E-state index contributed by atoms with van der Waals surface area (Å²) in [6.45, 7) is 10.1. The minimum atomic E-state index is -0.650. The molecule has 0 aliphatic heterocycles. The second-order valence-electron chi connectivity index (χ2n) is 9.13. The van der Waals surface area contributed by atoms with E-state index >= 15 is 0 Å². The molecule has 2 aliphatic rings. The first-order chi connectivity index (χ1) is 13.2. The highest BCUT2D eigenvalue weighted by Crippen LogP contribution is 2.56. The Morgan fingerprint density at radius 1 is 1.14 bits per heavy atom. The molecule has 2 fully saturated rings. The minimum Gasteiger partial charge on any atom is -0.463 e. The normalized spacial score (nSPS) is 32.2. The van der Waals surface area contributed by atoms with E-state index in [1.165, 1.54) is 0 Å². The van der Waals surface area contributed by atoms with Crippen LogP contribution in [0.25, 0.3) is 0 Å². The van der Waals surface area contributed by atoms with Gasteiger partial charge in [0.2, 0.25) is 0 Å². The predicted octanol–water partition coefficient (Wildman–Crippen LogP) is 3.16. The minimum absolute atomic E-state index is 0.00646. The maximum Gasteiger partial charge on any atom is 0.324 e. The molecule has 0 aromatic heterocycles. The van der Waals surface area contributed by atoms with Gasteiger partial charge in [-0.15, -0.1) is 0 Å². The molecule has 2 rings (SSSR count). The highest BCUT2D eigenvalue weighted by Gasteiger charge is 2.56. The van der Waals surface area contributed by atoms with Crippen molar-refractivity contribution in [3.8, 4) is 0 Å². The van der Waals surface area contributed by atoms with E-state index in [-0.39, 0.29) is 42.7 Å². The SMILES string of the molecule is CCC(C)OC(=O)CC(C(=O)OC(C)CC)N(C)C1(C)CC2CC1CC2CO. The van der Waals surface area contributed by atoms with Gasteiger partial charge in [0.25, 0.3) is 0 Å². The van der Waals surface area contributed by atoms with Gasteiger partial charge in [-0.1, -0.05) is 13.8 Å². The van der Waals surface area contributed by atoms with Crippen LogP contribution >= 0.6 is 0 Å². The number of aliphatic hydroxyl groups excluding tert-OH is 1. The Morgan fingerprint density at radius 2 is 1.75 bits per heavy atom. The number of carbonyl (C=O) groups excluding carboxylic acids is 2. The Balaban J connectivity index is 2.16. The molecule has 0 aromatic rings. The van der Waals surface area contributed by atoms with E-state index in [1.54, 1.807) is 0 Å². The third-order valence-corrected chi connectivity index (χ3v) is 7.34. The molecular formula is C22H39NO5. The summed E-state index contributed by atoms with van der Waals surface area (Å²) in [4.78, 5) is 27.5. The van der Waals surface area contributed by atoms with E-state index in [4.69, 9.17) is 9.47 Å². The fourth-order valence-corrected chi connectivity index (χ4v) is 4.93. The Hall–Kier alpha value is -1.14. The molecule has 0 heterocycles. The van der Waals surface area contributed by atoms with Crippen LogP contribution in [0.1, 0.15) is 73.1 Å². The van der Waals surface area contributed by atoms with Crippen LogP contribution in [-0.2, 0) is 19.1 Å². The van der Waals surface area contributed by atoms with Gasteiger partial charge in [0.15, 0.2) is 0 Å². The van der Waals surface area contributed by atoms with Crippen LogP contribution in [-0.4, -0.2) is 59.4 Å². The summed E-state index contributed by atoms with van der Waals surface area (Å²) in [7, 11) is 1.94. The van der Waals surface area contributed by atoms with E-state index in [0.29, 0.717) is 17.8 Å². The maximum absolute atomic E-state index is 13.0. The van der Waals surface area contributed by atoms with Crippen LogP contribution < -0.4 is 0 Å². The number of ether oxygens (including phenoxy) is 2. The van der Waals surface area contributed by atoms with Crippen molar-refractivity contribution < 1.29 is 24.2 Å². The number of aliphatic hydroxyl groups is 1. The fourth-order valence-electron chi connectivity index (χ4n) is 4.93. The van der Waals surface area contributed by atoms with Crippen molar-refractivity contribution >= 4 is 11.9 Å². The topological polar surface area (TPSA) is 76.1 Å². The van der Waals surface area contributed by atoms with Gasteiger partial charge in [0.1, 0.15) is 6.04 Å². The number of nitrogens with zero attached hydrogens (tertiary/aromatic N) is 1. The Labute approximate surface area is 169 Å². The molecule has 6 heteroatoms. The number of likely N-dealkylation sites (N-methyl/N-ethyl adjacent to an activating group) is 1. The van der Waals surface area contributed by atoms with Gasteiger partial charge in [0, 0.05) is 12.1 Å². The zero-order valence-corrected chi connectivity index (χ0v) is 18.4. The number of hydrogen-bond donors (Lipinski definition) is 1. The van der Waals surface area contributed by atoms with Crippen molar-refractivity contribution in [3.05, 3.63) is 0 Å². The lowest BCUT2D eigenvalue weighted by Crippen LogP contribution is -2.57. The predicted molar refractivity (Wildman–Crippen MR) is 108 cm³/mol. The first-order valence-electron chi connectivity index (χ1n) is 10.9. The lowest BCUT2D eigenvalue weighted by atomic mass is 9.76. The van der Waals surface area contributed by atoms with Crippen LogP contribution in [0.15, 0.2) is 0 Å². The van der Waals surface area contributed by atoms with Gasteiger partial charge in [-0.2, -0.15) is 0 Å². The average Bonchev–Trinajstić information content (AvgIpc) is 3.22. The summed E-state index contributed by atoms with van der Waals surface area (Å²) >= 11 is 0. The summed E-state index contributed by atoms with van der Waals surface area (Å²) in [5.41, 5.74) is -0.174. The van der Waals surface area contributed by atoms with Crippen molar-refractivity contribution in [3.63, 3.8) is 0 Å². The summed E-state index contributed by atoms with van der Waals surface area (Å²) in [5.74, 6) is 0.574. The molecular weight excluding hydrogens is 358 g/mol. The molecule has 0 amide bonds. The summed E-state index contributed by atoms with van der Waals surface area (Å²) in [6, 6.07) is -0.650. The van der Waals surface area contributed by atoms with Gasteiger partial charge in [-0.25, -0.2) is 0 Å². The average molecular weight is 398 g/mol. The van der Waals surface area contributed by atoms with Crippen LogP contribution in [0.5, 0.6) is 0 Å². The monoisotopic (exact) mass is 397 g/mol. The van der Waals surface area contributed by atoms with E-state index in [9.17, 15) is 14.7 Å². The van der Waals surface area contributed by atoms with Crippen LogP contribution in [0, 0.1) is 17.8 Å². The molecule has 162 valence electrons. The summed E-state index contributed by atoms with van der Waals surface area (Å²) < 4.78 is 11.1. The molecule has 2 saturated carbocycles. The smallest absolute Gasteiger partial charge is 0.324 e. The third kappa shape index (κ3) is 4.88. The van der Waals surface area contributed by atoms with Crippen molar-refractivity contribution in [2.45, 2.75) is 96.9 Å². The maximum atomic E-state index is 13.0. The molecule has 28 heavy (non-hydrogen) atoms. The Bertz CT molecular complexity index is 553. The molecule has 7 atom stereocenters. The second-order valence-corrected chi connectivity index (χ2v) is 9.13. The zero-order chi connectivity index (χ0) is 21.1. The highest BCUT2D eigenvalue weighted by molar-refractivity contribution is 5.83. The fraction of sp³-hybridized carbons (Fsp3) is 0.909. The summed E-state index contributed by atoms with van der Waals surface area (Å²) in [5, 5.41) is 9.60. The lowest BCUT2D eigenvalue weighted by molar-refractivity contribution is -0.164. The van der Waals surface area contributed by atoms with Crippen molar-refractivity contribution in [2.24, 2.45) is 17.8 Å². The van der Waals surface area contributed by atoms with Crippen molar-refractivity contribution in [1.82, 2.24) is 4.90 Å². The number of hydrogen-bond acceptors (Lipinski definition) is 6. The van der Waals surface area contributed by atoms with Gasteiger partial charge < -0.3 is 14.6 Å². The van der Waals surface area contributed by atoms with Gasteiger partial charge >= 0.3 is 11.9 Å². The number of rotatable bonds is 10. The molecule has 0 saturated heterocycles. The number of fused-ring (bicyclic) bond motifs is 2. The molecule has 2 aliphatic carbocycles. The molecule has 0 spiro atoms. The van der Waals surface area contributed by atoms with Crippen LogP contribution in [0.4, 0.5) is 0 Å². The molecule has 7 unspecified atom stereocenters. The molecule has 0 aromatic carbocycles. The Morgan fingerprint density at radius 3 is 2.25 bits per heavy atom. The van der Waals surface area contributed by atoms with Crippen LogP contribution in [0.2, 0.25) is 0 Å².